The number of benzene rings is 3. The first-order valence-electron chi connectivity index (χ1n) is 9.69. The second kappa shape index (κ2) is 9.71. The van der Waals surface area contributed by atoms with Gasteiger partial charge in [0.2, 0.25) is 0 Å². The van der Waals surface area contributed by atoms with Crippen molar-refractivity contribution in [3.8, 4) is 23.0 Å². The summed E-state index contributed by atoms with van der Waals surface area (Å²) in [5.41, 5.74) is 9.43. The fraction of sp³-hybridized carbons (Fsp3) is 0.154. The molecule has 0 aliphatic rings. The molecule has 0 saturated carbocycles. The van der Waals surface area contributed by atoms with Crippen molar-refractivity contribution in [2.45, 2.75) is 26.2 Å². The first-order valence-corrected chi connectivity index (χ1v) is 9.69. The third-order valence-electron chi connectivity index (χ3n) is 4.59. The van der Waals surface area contributed by atoms with E-state index in [0.29, 0.717) is 5.56 Å². The van der Waals surface area contributed by atoms with Gasteiger partial charge < -0.3 is 5.73 Å². The van der Waals surface area contributed by atoms with Crippen molar-refractivity contribution in [3.63, 3.8) is 0 Å². The lowest BCUT2D eigenvalue weighted by Crippen LogP contribution is -1.95. The topological polar surface area (TPSA) is 26.0 Å². The monoisotopic (exact) mass is 387 g/mol. The van der Waals surface area contributed by atoms with Gasteiger partial charge in [0.15, 0.2) is 0 Å². The van der Waals surface area contributed by atoms with Crippen molar-refractivity contribution in [2.75, 3.05) is 5.73 Å². The highest BCUT2D eigenvalue weighted by molar-refractivity contribution is 5.73. The van der Waals surface area contributed by atoms with Crippen LogP contribution < -0.4 is 5.73 Å². The van der Waals surface area contributed by atoms with Gasteiger partial charge >= 0.3 is 0 Å². The van der Waals surface area contributed by atoms with E-state index in [2.05, 4.69) is 30.9 Å². The molecule has 3 aromatic carbocycles. The Kier molecular flexibility index (Phi) is 6.81. The standard InChI is InChI=1S/C26H23F2N/c1-2-3-4-5-6-19-9-13-22(14-10-19)23-15-11-20(12-16-23)7-8-21-17-24(27)26(29)25(28)18-21/h7-18H,2-4,29H2,1H3/b8-7+. The zero-order valence-electron chi connectivity index (χ0n) is 16.4. The molecule has 0 spiro atoms. The molecule has 0 fully saturated rings. The second-order valence-electron chi connectivity index (χ2n) is 6.84. The fourth-order valence-corrected chi connectivity index (χ4v) is 2.85. The SMILES string of the molecule is CCCCC#Cc1ccc(-c2ccc(/C=C/c3cc(F)c(N)c(F)c3)cc2)cc1. The minimum Gasteiger partial charge on any atom is -0.394 e. The zero-order chi connectivity index (χ0) is 20.6. The summed E-state index contributed by atoms with van der Waals surface area (Å²) in [6.07, 6.45) is 6.69. The van der Waals surface area contributed by atoms with Gasteiger partial charge in [0.05, 0.1) is 0 Å². The molecule has 0 aliphatic carbocycles. The Bertz CT molecular complexity index is 1030. The molecule has 0 amide bonds. The van der Waals surface area contributed by atoms with E-state index in [1.807, 2.05) is 42.5 Å². The molecule has 0 atom stereocenters. The number of anilines is 1. The minimum atomic E-state index is -0.751. The Morgan fingerprint density at radius 3 is 1.97 bits per heavy atom. The second-order valence-corrected chi connectivity index (χ2v) is 6.84. The summed E-state index contributed by atoms with van der Waals surface area (Å²) in [6, 6.07) is 18.6. The van der Waals surface area contributed by atoms with Crippen LogP contribution in [0, 0.1) is 23.5 Å². The molecule has 146 valence electrons. The van der Waals surface area contributed by atoms with Gasteiger partial charge in [0, 0.05) is 12.0 Å². The van der Waals surface area contributed by atoms with Crippen LogP contribution in [-0.4, -0.2) is 0 Å². The van der Waals surface area contributed by atoms with Crippen LogP contribution in [0.25, 0.3) is 23.3 Å². The molecule has 2 N–H and O–H groups in total. The fourth-order valence-electron chi connectivity index (χ4n) is 2.85. The number of unbranched alkanes of at least 4 members (excludes halogenated alkanes) is 2. The smallest absolute Gasteiger partial charge is 0.149 e. The normalized spacial score (nSPS) is 10.7. The van der Waals surface area contributed by atoms with E-state index < -0.39 is 17.3 Å². The predicted octanol–water partition coefficient (Wildman–Crippen LogP) is 6.93. The van der Waals surface area contributed by atoms with E-state index in [1.54, 1.807) is 6.08 Å². The van der Waals surface area contributed by atoms with Gasteiger partial charge in [-0.2, -0.15) is 0 Å². The summed E-state index contributed by atoms with van der Waals surface area (Å²) in [6.45, 7) is 2.16. The van der Waals surface area contributed by atoms with Crippen molar-refractivity contribution in [1.29, 1.82) is 0 Å². The number of hydrogen-bond acceptors (Lipinski definition) is 1. The Balaban J connectivity index is 1.69. The van der Waals surface area contributed by atoms with Crippen molar-refractivity contribution in [2.24, 2.45) is 0 Å². The Morgan fingerprint density at radius 1 is 0.828 bits per heavy atom. The first kappa shape index (κ1) is 20.4. The molecule has 0 unspecified atom stereocenters. The van der Waals surface area contributed by atoms with E-state index in [4.69, 9.17) is 5.73 Å². The van der Waals surface area contributed by atoms with Gasteiger partial charge in [-0.3, -0.25) is 0 Å². The molecular weight excluding hydrogens is 364 g/mol. The number of halogens is 2. The van der Waals surface area contributed by atoms with Crippen LogP contribution in [0.15, 0.2) is 60.7 Å². The van der Waals surface area contributed by atoms with E-state index in [9.17, 15) is 8.78 Å². The first-order chi connectivity index (χ1) is 14.1. The van der Waals surface area contributed by atoms with Gasteiger partial charge in [-0.15, -0.1) is 0 Å². The molecule has 3 heteroatoms. The molecule has 0 radical (unpaired) electrons. The molecule has 0 aromatic heterocycles. The number of hydrogen-bond donors (Lipinski definition) is 1. The summed E-state index contributed by atoms with van der Waals surface area (Å²) in [7, 11) is 0. The van der Waals surface area contributed by atoms with Crippen molar-refractivity contribution < 1.29 is 8.78 Å². The minimum absolute atomic E-state index is 0.425. The molecule has 1 nitrogen and oxygen atoms in total. The quantitative estimate of drug-likeness (QED) is 0.218. The molecular formula is C26H23F2N. The maximum absolute atomic E-state index is 13.5. The average Bonchev–Trinajstić information content (AvgIpc) is 2.74. The van der Waals surface area contributed by atoms with Crippen molar-refractivity contribution in [3.05, 3.63) is 89.0 Å². The Labute approximate surface area is 170 Å². The maximum atomic E-state index is 13.5. The van der Waals surface area contributed by atoms with E-state index in [1.165, 1.54) is 12.1 Å². The molecule has 3 aromatic rings. The van der Waals surface area contributed by atoms with Crippen LogP contribution in [0.1, 0.15) is 42.9 Å². The third-order valence-corrected chi connectivity index (χ3v) is 4.59. The maximum Gasteiger partial charge on any atom is 0.149 e. The number of rotatable bonds is 5. The molecule has 0 heterocycles. The number of nitrogens with two attached hydrogens (primary N) is 1. The van der Waals surface area contributed by atoms with E-state index in [0.717, 1.165) is 41.5 Å². The van der Waals surface area contributed by atoms with Crippen LogP contribution in [0.4, 0.5) is 14.5 Å². The molecule has 0 saturated heterocycles. The van der Waals surface area contributed by atoms with Crippen LogP contribution >= 0.6 is 0 Å². The highest BCUT2D eigenvalue weighted by Gasteiger charge is 2.05. The van der Waals surface area contributed by atoms with Gasteiger partial charge in [0.25, 0.3) is 0 Å². The Morgan fingerprint density at radius 2 is 1.38 bits per heavy atom. The number of nitrogen functional groups attached to an aromatic ring is 1. The van der Waals surface area contributed by atoms with Crippen molar-refractivity contribution in [1.82, 2.24) is 0 Å². The van der Waals surface area contributed by atoms with E-state index in [-0.39, 0.29) is 0 Å². The van der Waals surface area contributed by atoms with Crippen LogP contribution in [0.3, 0.4) is 0 Å². The highest BCUT2D eigenvalue weighted by atomic mass is 19.1. The van der Waals surface area contributed by atoms with Gasteiger partial charge in [-0.1, -0.05) is 73.7 Å². The Hall–Kier alpha value is -3.38. The predicted molar refractivity (Wildman–Crippen MR) is 118 cm³/mol. The lowest BCUT2D eigenvalue weighted by Gasteiger charge is -2.03. The van der Waals surface area contributed by atoms with Crippen LogP contribution in [0.5, 0.6) is 0 Å². The molecule has 3 rings (SSSR count). The summed E-state index contributed by atoms with van der Waals surface area (Å²) in [5, 5.41) is 0. The summed E-state index contributed by atoms with van der Waals surface area (Å²) >= 11 is 0. The van der Waals surface area contributed by atoms with Gasteiger partial charge in [-0.05, 0) is 52.9 Å². The summed E-state index contributed by atoms with van der Waals surface area (Å²) in [5.74, 6) is 4.88. The van der Waals surface area contributed by atoms with E-state index >= 15 is 0 Å². The summed E-state index contributed by atoms with van der Waals surface area (Å²) in [4.78, 5) is 0. The highest BCUT2D eigenvalue weighted by Crippen LogP contribution is 2.22. The molecule has 0 bridgehead atoms. The van der Waals surface area contributed by atoms with Crippen molar-refractivity contribution >= 4 is 17.8 Å². The zero-order valence-corrected chi connectivity index (χ0v) is 16.4. The lowest BCUT2D eigenvalue weighted by atomic mass is 10.0. The third kappa shape index (κ3) is 5.56. The largest absolute Gasteiger partial charge is 0.394 e. The van der Waals surface area contributed by atoms with Gasteiger partial charge in [0.1, 0.15) is 17.3 Å². The molecule has 29 heavy (non-hydrogen) atoms. The van der Waals surface area contributed by atoms with Gasteiger partial charge in [-0.25, -0.2) is 8.78 Å². The average molecular weight is 387 g/mol. The molecule has 0 aliphatic heterocycles. The van der Waals surface area contributed by atoms with Crippen LogP contribution in [0.2, 0.25) is 0 Å². The lowest BCUT2D eigenvalue weighted by molar-refractivity contribution is 0.591. The van der Waals surface area contributed by atoms with Crippen LogP contribution in [-0.2, 0) is 0 Å². The summed E-state index contributed by atoms with van der Waals surface area (Å²) < 4.78 is 27.1.